The van der Waals surface area contributed by atoms with Crippen LogP contribution in [0.3, 0.4) is 0 Å². The number of carbonyl (C=O) groups excluding carboxylic acids is 1. The number of anilines is 1. The van der Waals surface area contributed by atoms with E-state index in [1.54, 1.807) is 0 Å². The van der Waals surface area contributed by atoms with Crippen LogP contribution in [0, 0.1) is 5.92 Å². The van der Waals surface area contributed by atoms with Gasteiger partial charge < -0.3 is 10.2 Å². The molecular weight excluding hydrogens is 320 g/mol. The number of nitrogens with one attached hydrogen (secondary N) is 1. The van der Waals surface area contributed by atoms with Gasteiger partial charge in [0.2, 0.25) is 0 Å². The van der Waals surface area contributed by atoms with E-state index < -0.39 is 0 Å². The monoisotopic (exact) mass is 344 g/mol. The molecule has 2 aromatic rings. The van der Waals surface area contributed by atoms with Crippen LogP contribution in [0.2, 0.25) is 0 Å². The van der Waals surface area contributed by atoms with Crippen molar-refractivity contribution in [1.29, 1.82) is 0 Å². The fourth-order valence-corrected chi connectivity index (χ4v) is 4.82. The van der Waals surface area contributed by atoms with Gasteiger partial charge in [-0.1, -0.05) is 42.5 Å². The first-order valence-electron chi connectivity index (χ1n) is 9.72. The van der Waals surface area contributed by atoms with Gasteiger partial charge in [0, 0.05) is 30.3 Å². The van der Waals surface area contributed by atoms with Crippen LogP contribution >= 0.6 is 0 Å². The Hall–Kier alpha value is -2.55. The van der Waals surface area contributed by atoms with Gasteiger partial charge in [-0.05, 0) is 54.5 Å². The minimum Gasteiger partial charge on any atom is -0.378 e. The van der Waals surface area contributed by atoms with Gasteiger partial charge in [-0.25, -0.2) is 0 Å². The number of benzene rings is 2. The summed E-state index contributed by atoms with van der Waals surface area (Å²) in [5, 5.41) is 3.76. The third-order valence-electron chi connectivity index (χ3n) is 6.16. The molecule has 5 rings (SSSR count). The molecule has 2 aliphatic heterocycles. The molecule has 1 N–H and O–H groups in total. The summed E-state index contributed by atoms with van der Waals surface area (Å²) in [5.74, 6) is 1.10. The van der Waals surface area contributed by atoms with E-state index in [4.69, 9.17) is 0 Å². The fraction of sp³-hybridized carbons (Fsp3) is 0.348. The summed E-state index contributed by atoms with van der Waals surface area (Å²) < 4.78 is 0. The number of nitrogens with zero attached hydrogens (tertiary/aromatic N) is 1. The van der Waals surface area contributed by atoms with Crippen molar-refractivity contribution in [3.63, 3.8) is 0 Å². The molecule has 3 heteroatoms. The first kappa shape index (κ1) is 15.7. The number of carbonyl (C=O) groups is 1. The van der Waals surface area contributed by atoms with Crippen LogP contribution in [0.25, 0.3) is 0 Å². The molecule has 3 nitrogen and oxygen atoms in total. The highest BCUT2D eigenvalue weighted by molar-refractivity contribution is 5.95. The van der Waals surface area contributed by atoms with Crippen LogP contribution in [-0.2, 0) is 0 Å². The minimum absolute atomic E-state index is 0.189. The number of hydrogen-bond donors (Lipinski definition) is 1. The molecular formula is C23H24N2O. The van der Waals surface area contributed by atoms with Crippen molar-refractivity contribution in [3.05, 3.63) is 77.4 Å². The van der Waals surface area contributed by atoms with E-state index in [1.165, 1.54) is 16.8 Å². The zero-order chi connectivity index (χ0) is 17.5. The SMILES string of the molecule is O=C(c1ccc2c(c1)C1C=CCC1C(c1ccccc1)N2)N1CCCC1. The molecule has 1 amide bonds. The van der Waals surface area contributed by atoms with Crippen LogP contribution in [-0.4, -0.2) is 23.9 Å². The normalized spacial score (nSPS) is 26.3. The van der Waals surface area contributed by atoms with Crippen molar-refractivity contribution in [3.8, 4) is 0 Å². The number of hydrogen-bond acceptors (Lipinski definition) is 2. The number of rotatable bonds is 2. The molecule has 3 aliphatic rings. The maximum atomic E-state index is 12.8. The van der Waals surface area contributed by atoms with E-state index in [2.05, 4.69) is 59.9 Å². The lowest BCUT2D eigenvalue weighted by Gasteiger charge is -2.37. The lowest BCUT2D eigenvalue weighted by molar-refractivity contribution is 0.0792. The summed E-state index contributed by atoms with van der Waals surface area (Å²) >= 11 is 0. The van der Waals surface area contributed by atoms with Gasteiger partial charge in [-0.3, -0.25) is 4.79 Å². The van der Waals surface area contributed by atoms with Gasteiger partial charge in [0.1, 0.15) is 0 Å². The Labute approximate surface area is 154 Å². The van der Waals surface area contributed by atoms with E-state index in [1.807, 2.05) is 11.0 Å². The zero-order valence-corrected chi connectivity index (χ0v) is 14.9. The van der Waals surface area contributed by atoms with Gasteiger partial charge in [-0.2, -0.15) is 0 Å². The Morgan fingerprint density at radius 1 is 1.04 bits per heavy atom. The average molecular weight is 344 g/mol. The number of amides is 1. The van der Waals surface area contributed by atoms with Crippen LogP contribution in [0.1, 0.15) is 52.7 Å². The fourth-order valence-electron chi connectivity index (χ4n) is 4.82. The number of allylic oxidation sites excluding steroid dienone is 2. The Bertz CT molecular complexity index is 852. The third-order valence-corrected chi connectivity index (χ3v) is 6.16. The maximum Gasteiger partial charge on any atom is 0.253 e. The molecule has 0 spiro atoms. The Kier molecular flexibility index (Phi) is 3.81. The van der Waals surface area contributed by atoms with Crippen molar-refractivity contribution in [1.82, 2.24) is 4.90 Å². The van der Waals surface area contributed by atoms with Gasteiger partial charge in [0.15, 0.2) is 0 Å². The average Bonchev–Trinajstić information content (AvgIpc) is 3.39. The Balaban J connectivity index is 1.50. The molecule has 0 aromatic heterocycles. The molecule has 0 radical (unpaired) electrons. The number of fused-ring (bicyclic) bond motifs is 3. The van der Waals surface area contributed by atoms with Gasteiger partial charge in [0.05, 0.1) is 6.04 Å². The Morgan fingerprint density at radius 3 is 2.65 bits per heavy atom. The van der Waals surface area contributed by atoms with E-state index >= 15 is 0 Å². The zero-order valence-electron chi connectivity index (χ0n) is 14.9. The van der Waals surface area contributed by atoms with Crippen molar-refractivity contribution < 1.29 is 4.79 Å². The van der Waals surface area contributed by atoms with Crippen molar-refractivity contribution in [2.45, 2.75) is 31.2 Å². The van der Waals surface area contributed by atoms with Crippen molar-refractivity contribution in [2.24, 2.45) is 5.92 Å². The van der Waals surface area contributed by atoms with Crippen LogP contribution < -0.4 is 5.32 Å². The maximum absolute atomic E-state index is 12.8. The largest absolute Gasteiger partial charge is 0.378 e. The lowest BCUT2D eigenvalue weighted by Crippen LogP contribution is -2.30. The third kappa shape index (κ3) is 2.54. The van der Waals surface area contributed by atoms with E-state index in [0.717, 1.165) is 37.9 Å². The second-order valence-corrected chi connectivity index (χ2v) is 7.69. The topological polar surface area (TPSA) is 32.3 Å². The van der Waals surface area contributed by atoms with E-state index in [-0.39, 0.29) is 5.91 Å². The van der Waals surface area contributed by atoms with Crippen LogP contribution in [0.15, 0.2) is 60.7 Å². The molecule has 2 aromatic carbocycles. The van der Waals surface area contributed by atoms with E-state index in [0.29, 0.717) is 17.9 Å². The van der Waals surface area contributed by atoms with Crippen molar-refractivity contribution >= 4 is 11.6 Å². The van der Waals surface area contributed by atoms with E-state index in [9.17, 15) is 4.79 Å². The molecule has 132 valence electrons. The molecule has 26 heavy (non-hydrogen) atoms. The second kappa shape index (κ2) is 6.31. The minimum atomic E-state index is 0.189. The van der Waals surface area contributed by atoms with Gasteiger partial charge in [-0.15, -0.1) is 0 Å². The highest BCUT2D eigenvalue weighted by Crippen LogP contribution is 2.49. The summed E-state index contributed by atoms with van der Waals surface area (Å²) in [6, 6.07) is 17.3. The lowest BCUT2D eigenvalue weighted by atomic mass is 9.76. The molecule has 0 bridgehead atoms. The molecule has 0 saturated carbocycles. The summed E-state index contributed by atoms with van der Waals surface area (Å²) in [5.41, 5.74) is 4.63. The summed E-state index contributed by atoms with van der Waals surface area (Å²) in [4.78, 5) is 14.8. The first-order valence-corrected chi connectivity index (χ1v) is 9.72. The van der Waals surface area contributed by atoms with Crippen molar-refractivity contribution in [2.75, 3.05) is 18.4 Å². The van der Waals surface area contributed by atoms with Gasteiger partial charge in [0.25, 0.3) is 5.91 Å². The smallest absolute Gasteiger partial charge is 0.253 e. The second-order valence-electron chi connectivity index (χ2n) is 7.69. The summed E-state index contributed by atoms with van der Waals surface area (Å²) in [7, 11) is 0. The first-order chi connectivity index (χ1) is 12.8. The molecule has 3 unspecified atom stereocenters. The Morgan fingerprint density at radius 2 is 1.85 bits per heavy atom. The van der Waals surface area contributed by atoms with Crippen LogP contribution in [0.4, 0.5) is 5.69 Å². The predicted molar refractivity (Wildman–Crippen MR) is 104 cm³/mol. The molecule has 1 fully saturated rings. The summed E-state index contributed by atoms with van der Waals surface area (Å²) in [6.45, 7) is 1.80. The molecule has 1 saturated heterocycles. The molecule has 1 aliphatic carbocycles. The highest BCUT2D eigenvalue weighted by Gasteiger charge is 2.38. The van der Waals surface area contributed by atoms with Crippen LogP contribution in [0.5, 0.6) is 0 Å². The molecule has 2 heterocycles. The predicted octanol–water partition coefficient (Wildman–Crippen LogP) is 4.75. The standard InChI is InChI=1S/C23H24N2O/c26-23(25-13-4-5-14-25)17-11-12-21-20(15-17)18-9-6-10-19(18)22(24-21)16-7-2-1-3-8-16/h1-3,6-9,11-12,15,18-19,22,24H,4-5,10,13-14H2. The number of likely N-dealkylation sites (tertiary alicyclic amines) is 1. The summed E-state index contributed by atoms with van der Waals surface area (Å²) in [6.07, 6.45) is 7.98. The highest BCUT2D eigenvalue weighted by atomic mass is 16.2. The molecule has 3 atom stereocenters. The van der Waals surface area contributed by atoms with Gasteiger partial charge >= 0.3 is 0 Å². The quantitative estimate of drug-likeness (QED) is 0.798.